The lowest BCUT2D eigenvalue weighted by Gasteiger charge is -2.33. The third-order valence-corrected chi connectivity index (χ3v) is 6.38. The van der Waals surface area contributed by atoms with Gasteiger partial charge in [0.15, 0.2) is 0 Å². The maximum Gasteiger partial charge on any atom is 0.306 e. The first-order valence-electron chi connectivity index (χ1n) is 15.7. The molecule has 1 heterocycles. The van der Waals surface area contributed by atoms with E-state index in [9.17, 15) is 14.7 Å². The molecule has 0 aliphatic carbocycles. The fraction of sp³-hybridized carbons (Fsp3) is 0.387. The Kier molecular flexibility index (Phi) is 7.98. The van der Waals surface area contributed by atoms with E-state index in [0.717, 1.165) is 30.9 Å². The summed E-state index contributed by atoms with van der Waals surface area (Å²) in [6.07, 6.45) is 0.0635. The number of ether oxygens (including phenoxy) is 1. The molecule has 3 aromatic rings. The van der Waals surface area contributed by atoms with Gasteiger partial charge in [0.1, 0.15) is 0 Å². The minimum Gasteiger partial charge on any atom is -0.469 e. The number of nitrogens with one attached hydrogen (secondary N) is 1. The number of hydrazine groups is 1. The van der Waals surface area contributed by atoms with Crippen LogP contribution in [0.3, 0.4) is 0 Å². The van der Waals surface area contributed by atoms with Gasteiger partial charge in [0.25, 0.3) is 0 Å². The third kappa shape index (κ3) is 9.28. The number of hydrogen-bond donors (Lipinski definition) is 3. The highest BCUT2D eigenvalue weighted by Gasteiger charge is 2.35. The number of methoxy groups -OCH3 is 1. The minimum absolute atomic E-state index is 0.0343. The summed E-state index contributed by atoms with van der Waals surface area (Å²) in [7, 11) is 1.06. The van der Waals surface area contributed by atoms with Crippen LogP contribution >= 0.6 is 0 Å². The van der Waals surface area contributed by atoms with Gasteiger partial charge in [0, 0.05) is 39.1 Å². The van der Waals surface area contributed by atoms with Crippen LogP contribution in [0.2, 0.25) is 0 Å². The van der Waals surface area contributed by atoms with Crippen LogP contribution in [0.1, 0.15) is 46.4 Å². The van der Waals surface area contributed by atoms with Crippen molar-refractivity contribution < 1.29 is 27.7 Å². The number of esters is 1. The van der Waals surface area contributed by atoms with Gasteiger partial charge in [-0.15, -0.1) is 0 Å². The topological polar surface area (TPSA) is 118 Å². The fourth-order valence-electron chi connectivity index (χ4n) is 4.11. The van der Waals surface area contributed by atoms with E-state index >= 15 is 0 Å². The van der Waals surface area contributed by atoms with E-state index in [0.29, 0.717) is 12.0 Å². The second-order valence-electron chi connectivity index (χ2n) is 9.72. The molecule has 0 saturated carbocycles. The molecule has 1 amide bonds. The summed E-state index contributed by atoms with van der Waals surface area (Å²) in [6.45, 7) is -5.51. The summed E-state index contributed by atoms with van der Waals surface area (Å²) in [4.78, 5) is 30.5. The molecule has 0 aliphatic heterocycles. The Bertz CT molecular complexity index is 1380. The lowest BCUT2D eigenvalue weighted by Crippen LogP contribution is -2.53. The van der Waals surface area contributed by atoms with Gasteiger partial charge in [0.2, 0.25) is 5.91 Å². The molecule has 39 heavy (non-hydrogen) atoms. The number of carbonyl (C=O) groups excluding carboxylic acids is 2. The van der Waals surface area contributed by atoms with Crippen molar-refractivity contribution in [2.75, 3.05) is 13.7 Å². The molecule has 208 valence electrons. The first-order chi connectivity index (χ1) is 21.1. The Labute approximate surface area is 239 Å². The summed E-state index contributed by atoms with van der Waals surface area (Å²) in [5, 5.41) is 12.4. The zero-order chi connectivity index (χ0) is 33.4. The first-order valence-corrected chi connectivity index (χ1v) is 12.7. The quantitative estimate of drug-likeness (QED) is 0.238. The molecule has 3 atom stereocenters. The average Bonchev–Trinajstić information content (AvgIpc) is 2.99. The van der Waals surface area contributed by atoms with Crippen LogP contribution in [0.15, 0.2) is 79.0 Å². The second kappa shape index (κ2) is 14.0. The molecule has 8 heteroatoms. The largest absolute Gasteiger partial charge is 0.469 e. The molecule has 0 radical (unpaired) electrons. The predicted octanol–water partition coefficient (Wildman–Crippen LogP) is 3.74. The Morgan fingerprint density at radius 2 is 1.77 bits per heavy atom. The Morgan fingerprint density at radius 3 is 2.38 bits per heavy atom. The molecular formula is C31H40N4O4. The summed E-state index contributed by atoms with van der Waals surface area (Å²) < 4.78 is 53.1. The summed E-state index contributed by atoms with van der Waals surface area (Å²) >= 11 is 0. The molecule has 2 aromatic carbocycles. The van der Waals surface area contributed by atoms with Crippen molar-refractivity contribution in [3.63, 3.8) is 0 Å². The van der Waals surface area contributed by atoms with Gasteiger partial charge >= 0.3 is 5.97 Å². The lowest BCUT2D eigenvalue weighted by molar-refractivity contribution is -0.148. The Balaban J connectivity index is 1.93. The van der Waals surface area contributed by atoms with Gasteiger partial charge in [-0.2, -0.15) is 0 Å². The molecule has 0 fully saturated rings. The smallest absolute Gasteiger partial charge is 0.306 e. The van der Waals surface area contributed by atoms with Crippen molar-refractivity contribution in [2.24, 2.45) is 17.1 Å². The number of aliphatic hydroxyl groups excluding tert-OH is 1. The number of aliphatic hydroxyl groups is 1. The van der Waals surface area contributed by atoms with Crippen molar-refractivity contribution in [2.45, 2.75) is 52.2 Å². The number of amides is 1. The van der Waals surface area contributed by atoms with Gasteiger partial charge in [-0.1, -0.05) is 81.3 Å². The molecule has 0 unspecified atom stereocenters. The van der Waals surface area contributed by atoms with E-state index in [2.05, 4.69) is 10.4 Å². The van der Waals surface area contributed by atoms with Crippen molar-refractivity contribution in [1.82, 2.24) is 15.4 Å². The molecule has 4 N–H and O–H groups in total. The van der Waals surface area contributed by atoms with E-state index in [1.165, 1.54) is 5.01 Å². The third-order valence-electron chi connectivity index (χ3n) is 6.38. The Morgan fingerprint density at radius 1 is 1.08 bits per heavy atom. The summed E-state index contributed by atoms with van der Waals surface area (Å²) in [5.74, 6) is -3.81. The lowest BCUT2D eigenvalue weighted by atomic mass is 9.78. The van der Waals surface area contributed by atoms with E-state index in [1.54, 1.807) is 18.3 Å². The van der Waals surface area contributed by atoms with Crippen LogP contribution in [-0.4, -0.2) is 52.8 Å². The van der Waals surface area contributed by atoms with Crippen molar-refractivity contribution >= 4 is 11.9 Å². The van der Waals surface area contributed by atoms with Crippen molar-refractivity contribution in [3.05, 3.63) is 90.1 Å². The normalized spacial score (nSPS) is 16.8. The van der Waals surface area contributed by atoms with E-state index in [4.69, 9.17) is 18.7 Å². The number of benzene rings is 2. The number of rotatable bonds is 12. The van der Waals surface area contributed by atoms with Crippen LogP contribution in [0.4, 0.5) is 0 Å². The molecule has 0 saturated heterocycles. The molecular weight excluding hydrogens is 492 g/mol. The van der Waals surface area contributed by atoms with Crippen molar-refractivity contribution in [3.8, 4) is 11.3 Å². The van der Waals surface area contributed by atoms with Crippen LogP contribution in [0, 0.1) is 11.3 Å². The molecule has 0 spiro atoms. The molecule has 0 aliphatic rings. The van der Waals surface area contributed by atoms with Gasteiger partial charge in [-0.25, -0.2) is 5.01 Å². The zero-order valence-corrected chi connectivity index (χ0v) is 22.2. The first kappa shape index (κ1) is 22.2. The Hall–Kier alpha value is -3.59. The highest BCUT2D eigenvalue weighted by molar-refractivity contribution is 5.84. The molecule has 3 rings (SSSR count). The van der Waals surface area contributed by atoms with Gasteiger partial charge in [-0.3, -0.25) is 20.0 Å². The van der Waals surface area contributed by atoms with Gasteiger partial charge in [-0.05, 0) is 35.1 Å². The number of nitrogens with two attached hydrogens (primary N) is 1. The highest BCUT2D eigenvalue weighted by atomic mass is 16.5. The summed E-state index contributed by atoms with van der Waals surface area (Å²) in [5.41, 5.74) is 9.53. The molecule has 1 aromatic heterocycles. The predicted molar refractivity (Wildman–Crippen MR) is 152 cm³/mol. The second-order valence-corrected chi connectivity index (χ2v) is 9.72. The standard InChI is InChI=1S/C31H40N4O4/c1-31(2,3)25(19-29(37)39-4)30(38)34-35(21-28(36)26(32)18-22-10-6-5-7-11-22)20-23-13-15-24(16-14-23)27-12-8-9-17-33-27/h5-17,25-26,28,36H,18-21,32H2,1-4H3,(H,34,38)/t25-,26+,28+/m1/s1/i1D3,2D3. The van der Waals surface area contributed by atoms with Crippen LogP contribution < -0.4 is 11.2 Å². The van der Waals surface area contributed by atoms with E-state index < -0.39 is 55.5 Å². The van der Waals surface area contributed by atoms with Crippen LogP contribution in [0.5, 0.6) is 0 Å². The monoisotopic (exact) mass is 538 g/mol. The number of nitrogens with zero attached hydrogens (tertiary/aromatic N) is 2. The number of carbonyl (C=O) groups is 2. The summed E-state index contributed by atoms with van der Waals surface area (Å²) in [6, 6.07) is 21.4. The van der Waals surface area contributed by atoms with Crippen LogP contribution in [0.25, 0.3) is 11.3 Å². The van der Waals surface area contributed by atoms with Gasteiger partial charge < -0.3 is 15.6 Å². The maximum absolute atomic E-state index is 13.8. The van der Waals surface area contributed by atoms with E-state index in [1.807, 2.05) is 60.7 Å². The van der Waals surface area contributed by atoms with E-state index in [-0.39, 0.29) is 13.1 Å². The number of aromatic nitrogens is 1. The zero-order valence-electron chi connectivity index (χ0n) is 28.2. The van der Waals surface area contributed by atoms with Gasteiger partial charge in [0.05, 0.1) is 31.2 Å². The minimum atomic E-state index is -3.15. The van der Waals surface area contributed by atoms with Crippen molar-refractivity contribution in [1.29, 1.82) is 0 Å². The maximum atomic E-state index is 13.8. The number of hydrogen-bond acceptors (Lipinski definition) is 7. The SMILES string of the molecule is [2H]C([2H])([2H])C(C)([C@H](CC(=O)OC)C(=O)NN(Cc1ccc(-c2ccccn2)cc1)C[C@H](O)[C@@H](N)Cc1ccccc1)C([2H])([2H])[2H]. The highest BCUT2D eigenvalue weighted by Crippen LogP contribution is 2.29. The fourth-order valence-corrected chi connectivity index (χ4v) is 4.11. The van der Waals surface area contributed by atoms with Crippen LogP contribution in [-0.2, 0) is 27.3 Å². The number of pyridine rings is 1. The molecule has 0 bridgehead atoms. The molecule has 8 nitrogen and oxygen atoms in total. The average molecular weight is 539 g/mol.